The molecule has 0 unspecified atom stereocenters. The zero-order valence-corrected chi connectivity index (χ0v) is 17.5. The second-order valence-corrected chi connectivity index (χ2v) is 8.52. The molecular formula is C24H26N4O3. The molecule has 0 radical (unpaired) electrons. The third-order valence-electron chi connectivity index (χ3n) is 6.74. The minimum absolute atomic E-state index is 0.0231. The van der Waals surface area contributed by atoms with Crippen LogP contribution in [0.3, 0.4) is 0 Å². The summed E-state index contributed by atoms with van der Waals surface area (Å²) >= 11 is 0. The molecule has 2 aliphatic rings. The predicted molar refractivity (Wildman–Crippen MR) is 119 cm³/mol. The number of anilines is 1. The van der Waals surface area contributed by atoms with Crippen LogP contribution in [-0.4, -0.2) is 53.1 Å². The number of rotatable bonds is 4. The Morgan fingerprint density at radius 1 is 1.10 bits per heavy atom. The van der Waals surface area contributed by atoms with Gasteiger partial charge in [-0.3, -0.25) is 9.59 Å². The maximum Gasteiger partial charge on any atom is 0.255 e. The van der Waals surface area contributed by atoms with Gasteiger partial charge in [0.2, 0.25) is 0 Å². The van der Waals surface area contributed by atoms with Crippen molar-refractivity contribution in [2.75, 3.05) is 25.5 Å². The number of H-pyrrole nitrogens is 1. The van der Waals surface area contributed by atoms with Crippen molar-refractivity contribution in [2.45, 2.75) is 25.0 Å². The Hall–Kier alpha value is -3.19. The van der Waals surface area contributed by atoms with E-state index < -0.39 is 0 Å². The number of aromatic nitrogens is 2. The molecular weight excluding hydrogens is 392 g/mol. The minimum atomic E-state index is -0.173. The number of carbonyl (C=O) groups is 1. The molecule has 3 aromatic rings. The van der Waals surface area contributed by atoms with Crippen LogP contribution in [0.4, 0.5) is 5.82 Å². The van der Waals surface area contributed by atoms with Gasteiger partial charge in [0.25, 0.3) is 11.5 Å². The summed E-state index contributed by atoms with van der Waals surface area (Å²) in [7, 11) is 1.75. The molecule has 160 valence electrons. The molecule has 1 saturated carbocycles. The first-order valence-electron chi connectivity index (χ1n) is 10.7. The van der Waals surface area contributed by atoms with Gasteiger partial charge in [-0.1, -0.05) is 24.3 Å². The topological polar surface area (TPSA) is 87.3 Å². The smallest absolute Gasteiger partial charge is 0.255 e. The fourth-order valence-electron chi connectivity index (χ4n) is 5.19. The lowest BCUT2D eigenvalue weighted by Gasteiger charge is -2.37. The number of carbonyl (C=O) groups excluding carboxylic acids is 1. The van der Waals surface area contributed by atoms with E-state index in [0.717, 1.165) is 18.7 Å². The summed E-state index contributed by atoms with van der Waals surface area (Å²) in [6.07, 6.45) is 5.24. The van der Waals surface area contributed by atoms with Gasteiger partial charge in [-0.05, 0) is 42.9 Å². The average molecular weight is 418 g/mol. The second-order valence-electron chi connectivity index (χ2n) is 8.52. The number of likely N-dealkylation sites (tertiary alicyclic amines) is 1. The summed E-state index contributed by atoms with van der Waals surface area (Å²) in [4.78, 5) is 34.6. The molecule has 31 heavy (non-hydrogen) atoms. The molecule has 7 nitrogen and oxygen atoms in total. The first-order chi connectivity index (χ1) is 15.1. The zero-order chi connectivity index (χ0) is 21.4. The van der Waals surface area contributed by atoms with Gasteiger partial charge in [0.1, 0.15) is 5.82 Å². The lowest BCUT2D eigenvalue weighted by molar-refractivity contribution is 0.0304. The van der Waals surface area contributed by atoms with Crippen molar-refractivity contribution >= 4 is 22.5 Å². The number of benzene rings is 1. The van der Waals surface area contributed by atoms with Crippen LogP contribution in [0.25, 0.3) is 10.8 Å². The molecule has 3 heterocycles. The van der Waals surface area contributed by atoms with Gasteiger partial charge < -0.3 is 19.9 Å². The number of fused-ring (bicyclic) bond motifs is 2. The number of nitrogens with zero attached hydrogens (tertiary/aromatic N) is 2. The van der Waals surface area contributed by atoms with Crippen LogP contribution in [0.1, 0.15) is 23.2 Å². The molecule has 4 atom stereocenters. The molecule has 1 amide bonds. The van der Waals surface area contributed by atoms with Crippen LogP contribution in [0.2, 0.25) is 0 Å². The van der Waals surface area contributed by atoms with Crippen molar-refractivity contribution in [1.29, 1.82) is 0 Å². The van der Waals surface area contributed by atoms with E-state index in [0.29, 0.717) is 41.3 Å². The largest absolute Gasteiger partial charge is 0.379 e. The van der Waals surface area contributed by atoms with E-state index in [4.69, 9.17) is 4.74 Å². The van der Waals surface area contributed by atoms with E-state index in [1.165, 1.54) is 0 Å². The van der Waals surface area contributed by atoms with Crippen molar-refractivity contribution < 1.29 is 9.53 Å². The zero-order valence-electron chi connectivity index (χ0n) is 17.5. The SMILES string of the molecule is CO[C@@H]1C[C@H]2CN(C(=O)c3c[nH]c(=O)c4ccccc34)C[C@H]2C[C@H]1Nc1ccccn1. The third kappa shape index (κ3) is 3.70. The molecule has 2 fully saturated rings. The first kappa shape index (κ1) is 19.8. The van der Waals surface area contributed by atoms with Crippen molar-refractivity contribution in [2.24, 2.45) is 11.8 Å². The molecule has 1 aliphatic heterocycles. The normalized spacial score (nSPS) is 25.4. The van der Waals surface area contributed by atoms with Crippen LogP contribution in [0, 0.1) is 11.8 Å². The number of methoxy groups -OCH3 is 1. The van der Waals surface area contributed by atoms with E-state index in [9.17, 15) is 9.59 Å². The summed E-state index contributed by atoms with van der Waals surface area (Å²) in [5.74, 6) is 1.64. The summed E-state index contributed by atoms with van der Waals surface area (Å²) < 4.78 is 5.80. The second kappa shape index (κ2) is 8.15. The third-order valence-corrected chi connectivity index (χ3v) is 6.74. The maximum atomic E-state index is 13.4. The van der Waals surface area contributed by atoms with E-state index in [2.05, 4.69) is 15.3 Å². The quantitative estimate of drug-likeness (QED) is 0.680. The van der Waals surface area contributed by atoms with Gasteiger partial charge in [-0.25, -0.2) is 4.98 Å². The molecule has 1 aliphatic carbocycles. The Balaban J connectivity index is 1.35. The minimum Gasteiger partial charge on any atom is -0.379 e. The summed E-state index contributed by atoms with van der Waals surface area (Å²) in [6.45, 7) is 1.43. The van der Waals surface area contributed by atoms with Crippen LogP contribution in [-0.2, 0) is 4.74 Å². The fourth-order valence-corrected chi connectivity index (χ4v) is 5.19. The molecule has 2 N–H and O–H groups in total. The van der Waals surface area contributed by atoms with E-state index >= 15 is 0 Å². The Labute approximate surface area is 180 Å². The van der Waals surface area contributed by atoms with Crippen molar-refractivity contribution in [3.63, 3.8) is 0 Å². The number of hydrogen-bond acceptors (Lipinski definition) is 5. The molecule has 0 spiro atoms. The van der Waals surface area contributed by atoms with Gasteiger partial charge in [0.15, 0.2) is 0 Å². The molecule has 2 aromatic heterocycles. The highest BCUT2D eigenvalue weighted by molar-refractivity contribution is 6.06. The standard InChI is InChI=1S/C24H26N4O3/c1-31-21-11-16-14-28(13-15(16)10-20(21)27-22-8-4-5-9-25-22)24(30)19-12-26-23(29)18-7-3-2-6-17(18)19/h2-9,12,15-16,20-21H,10-11,13-14H2,1H3,(H,25,27)(H,26,29)/t15-,16+,20-,21-/m1/s1. The maximum absolute atomic E-state index is 13.4. The van der Waals surface area contributed by atoms with Gasteiger partial charge in [-0.2, -0.15) is 0 Å². The average Bonchev–Trinajstić information content (AvgIpc) is 3.22. The highest BCUT2D eigenvalue weighted by Crippen LogP contribution is 2.39. The summed E-state index contributed by atoms with van der Waals surface area (Å²) in [6, 6.07) is 13.3. The predicted octanol–water partition coefficient (Wildman–Crippen LogP) is 2.90. The lowest BCUT2D eigenvalue weighted by atomic mass is 9.77. The molecule has 7 heteroatoms. The number of nitrogens with one attached hydrogen (secondary N) is 2. The summed E-state index contributed by atoms with van der Waals surface area (Å²) in [5, 5.41) is 4.77. The van der Waals surface area contributed by atoms with Crippen molar-refractivity contribution in [3.05, 3.63) is 70.8 Å². The lowest BCUT2D eigenvalue weighted by Crippen LogP contribution is -2.44. The van der Waals surface area contributed by atoms with Gasteiger partial charge in [-0.15, -0.1) is 0 Å². The number of ether oxygens (including phenoxy) is 1. The van der Waals surface area contributed by atoms with Crippen LogP contribution >= 0.6 is 0 Å². The molecule has 1 aromatic carbocycles. The van der Waals surface area contributed by atoms with E-state index in [1.807, 2.05) is 41.3 Å². The molecule has 5 rings (SSSR count). The molecule has 0 bridgehead atoms. The fraction of sp³-hybridized carbons (Fsp3) is 0.375. The monoisotopic (exact) mass is 418 g/mol. The van der Waals surface area contributed by atoms with Crippen LogP contribution in [0.5, 0.6) is 0 Å². The summed E-state index contributed by atoms with van der Waals surface area (Å²) in [5.41, 5.74) is 0.383. The Kier molecular flexibility index (Phi) is 5.19. The van der Waals surface area contributed by atoms with Crippen molar-refractivity contribution in [3.8, 4) is 0 Å². The van der Waals surface area contributed by atoms with E-state index in [1.54, 1.807) is 25.6 Å². The number of amides is 1. The first-order valence-corrected chi connectivity index (χ1v) is 10.7. The van der Waals surface area contributed by atoms with Crippen LogP contribution in [0.15, 0.2) is 59.7 Å². The van der Waals surface area contributed by atoms with Gasteiger partial charge in [0, 0.05) is 43.4 Å². The number of aromatic amines is 1. The highest BCUT2D eigenvalue weighted by atomic mass is 16.5. The number of hydrogen-bond donors (Lipinski definition) is 2. The number of pyridine rings is 2. The van der Waals surface area contributed by atoms with Gasteiger partial charge in [0.05, 0.1) is 17.7 Å². The Morgan fingerprint density at radius 3 is 2.58 bits per heavy atom. The highest BCUT2D eigenvalue weighted by Gasteiger charge is 2.44. The van der Waals surface area contributed by atoms with Crippen molar-refractivity contribution in [1.82, 2.24) is 14.9 Å². The van der Waals surface area contributed by atoms with Crippen LogP contribution < -0.4 is 10.9 Å². The van der Waals surface area contributed by atoms with E-state index in [-0.39, 0.29) is 23.6 Å². The Morgan fingerprint density at radius 2 is 1.84 bits per heavy atom. The van der Waals surface area contributed by atoms with Gasteiger partial charge >= 0.3 is 0 Å². The molecule has 1 saturated heterocycles. The Bertz CT molecular complexity index is 1150.